The van der Waals surface area contributed by atoms with Crippen molar-refractivity contribution in [3.63, 3.8) is 0 Å². The van der Waals surface area contributed by atoms with Crippen LogP contribution in [-0.4, -0.2) is 28.2 Å². The Kier molecular flexibility index (Phi) is 3.66. The Morgan fingerprint density at radius 1 is 1.47 bits per heavy atom. The maximum atomic E-state index is 5.82. The lowest BCUT2D eigenvalue weighted by atomic mass is 9.99. The van der Waals surface area contributed by atoms with E-state index in [0.29, 0.717) is 5.89 Å². The smallest absolute Gasteiger partial charge is 0.257 e. The normalized spacial score (nSPS) is 22.5. The van der Waals surface area contributed by atoms with Crippen molar-refractivity contribution >= 4 is 11.3 Å². The second-order valence-corrected chi connectivity index (χ2v) is 6.29. The molecule has 0 unspecified atom stereocenters. The Bertz CT molecular complexity index is 523. The van der Waals surface area contributed by atoms with Crippen molar-refractivity contribution in [2.75, 3.05) is 13.1 Å². The van der Waals surface area contributed by atoms with Gasteiger partial charge in [0.05, 0.1) is 10.9 Å². The molecule has 1 saturated heterocycles. The number of thiophene rings is 1. The highest BCUT2D eigenvalue weighted by molar-refractivity contribution is 7.13. The molecule has 19 heavy (non-hydrogen) atoms. The topological polar surface area (TPSA) is 42.2 Å². The number of piperidine rings is 1. The fourth-order valence-electron chi connectivity index (χ4n) is 2.64. The fourth-order valence-corrected chi connectivity index (χ4v) is 3.28. The lowest BCUT2D eigenvalue weighted by Gasteiger charge is -2.33. The first-order valence-electron chi connectivity index (χ1n) is 6.85. The third-order valence-corrected chi connectivity index (χ3v) is 4.62. The molecule has 3 heterocycles. The zero-order valence-electron chi connectivity index (χ0n) is 11.4. The van der Waals surface area contributed by atoms with Crippen LogP contribution in [0.5, 0.6) is 0 Å². The zero-order valence-corrected chi connectivity index (χ0v) is 12.2. The van der Waals surface area contributed by atoms with E-state index in [0.717, 1.165) is 29.8 Å². The molecule has 2 aromatic heterocycles. The molecule has 0 radical (unpaired) electrons. The van der Waals surface area contributed by atoms with Crippen LogP contribution in [0.15, 0.2) is 21.9 Å². The molecule has 4 nitrogen and oxygen atoms in total. The highest BCUT2D eigenvalue weighted by Crippen LogP contribution is 2.29. The van der Waals surface area contributed by atoms with Crippen LogP contribution in [0.2, 0.25) is 0 Å². The van der Waals surface area contributed by atoms with E-state index >= 15 is 0 Å². The van der Waals surface area contributed by atoms with E-state index in [9.17, 15) is 0 Å². The summed E-state index contributed by atoms with van der Waals surface area (Å²) < 4.78 is 5.82. The number of rotatable bonds is 3. The molecule has 0 N–H and O–H groups in total. The summed E-state index contributed by atoms with van der Waals surface area (Å²) in [5, 5.41) is 10.4. The number of hydrogen-bond acceptors (Lipinski definition) is 5. The van der Waals surface area contributed by atoms with Gasteiger partial charge in [0.25, 0.3) is 5.89 Å². The van der Waals surface area contributed by atoms with Crippen molar-refractivity contribution in [2.45, 2.75) is 32.7 Å². The van der Waals surface area contributed by atoms with Gasteiger partial charge in [-0.2, -0.15) is 0 Å². The van der Waals surface area contributed by atoms with Crippen molar-refractivity contribution in [2.24, 2.45) is 5.92 Å². The number of likely N-dealkylation sites (tertiary alicyclic amines) is 1. The Morgan fingerprint density at radius 3 is 3.11 bits per heavy atom. The van der Waals surface area contributed by atoms with E-state index in [2.05, 4.69) is 28.9 Å². The van der Waals surface area contributed by atoms with Gasteiger partial charge in [0.2, 0.25) is 5.89 Å². The number of hydrogen-bond donors (Lipinski definition) is 0. The van der Waals surface area contributed by atoms with Gasteiger partial charge in [-0.15, -0.1) is 21.5 Å². The first-order valence-corrected chi connectivity index (χ1v) is 7.73. The SMILES string of the molecule is C[C@@H]1CCCN([C@H](C)c2nnc(-c3cccs3)o2)C1. The molecule has 102 valence electrons. The van der Waals surface area contributed by atoms with E-state index in [1.165, 1.54) is 12.8 Å². The monoisotopic (exact) mass is 277 g/mol. The summed E-state index contributed by atoms with van der Waals surface area (Å²) in [5.74, 6) is 2.13. The molecule has 0 saturated carbocycles. The van der Waals surface area contributed by atoms with Gasteiger partial charge in [-0.25, -0.2) is 0 Å². The largest absolute Gasteiger partial charge is 0.418 e. The summed E-state index contributed by atoms with van der Waals surface area (Å²) in [6.45, 7) is 6.72. The highest BCUT2D eigenvalue weighted by Gasteiger charge is 2.25. The van der Waals surface area contributed by atoms with Crippen molar-refractivity contribution in [1.29, 1.82) is 0 Å². The van der Waals surface area contributed by atoms with Gasteiger partial charge < -0.3 is 4.42 Å². The molecule has 1 aliphatic rings. The second-order valence-electron chi connectivity index (χ2n) is 5.34. The van der Waals surface area contributed by atoms with Gasteiger partial charge in [-0.3, -0.25) is 4.90 Å². The lowest BCUT2D eigenvalue weighted by molar-refractivity contribution is 0.122. The van der Waals surface area contributed by atoms with Crippen molar-refractivity contribution in [3.05, 3.63) is 23.4 Å². The molecule has 0 bridgehead atoms. The van der Waals surface area contributed by atoms with Crippen LogP contribution >= 0.6 is 11.3 Å². The molecule has 0 aromatic carbocycles. The minimum atomic E-state index is 0.212. The van der Waals surface area contributed by atoms with Crippen LogP contribution in [0.4, 0.5) is 0 Å². The zero-order chi connectivity index (χ0) is 13.2. The molecule has 2 aromatic rings. The third kappa shape index (κ3) is 2.72. The first-order chi connectivity index (χ1) is 9.24. The van der Waals surface area contributed by atoms with E-state index < -0.39 is 0 Å². The van der Waals surface area contributed by atoms with E-state index in [1.54, 1.807) is 11.3 Å². The summed E-state index contributed by atoms with van der Waals surface area (Å²) in [5.41, 5.74) is 0. The fraction of sp³-hybridized carbons (Fsp3) is 0.571. The number of nitrogens with zero attached hydrogens (tertiary/aromatic N) is 3. The molecule has 1 fully saturated rings. The molecule has 2 atom stereocenters. The molecule has 0 spiro atoms. The van der Waals surface area contributed by atoms with Crippen molar-refractivity contribution < 1.29 is 4.42 Å². The summed E-state index contributed by atoms with van der Waals surface area (Å²) in [6.07, 6.45) is 2.59. The lowest BCUT2D eigenvalue weighted by Crippen LogP contribution is -2.36. The van der Waals surface area contributed by atoms with Crippen LogP contribution in [0.3, 0.4) is 0 Å². The van der Waals surface area contributed by atoms with E-state index in [4.69, 9.17) is 4.42 Å². The van der Waals surface area contributed by atoms with Gasteiger partial charge >= 0.3 is 0 Å². The van der Waals surface area contributed by atoms with Crippen LogP contribution < -0.4 is 0 Å². The molecular weight excluding hydrogens is 258 g/mol. The Balaban J connectivity index is 1.75. The Labute approximate surface area is 117 Å². The maximum absolute atomic E-state index is 5.82. The van der Waals surface area contributed by atoms with E-state index in [-0.39, 0.29) is 6.04 Å². The molecule has 3 rings (SSSR count). The summed E-state index contributed by atoms with van der Waals surface area (Å²) in [4.78, 5) is 3.48. The molecule has 1 aliphatic heterocycles. The molecule has 0 amide bonds. The molecule has 0 aliphatic carbocycles. The van der Waals surface area contributed by atoms with Crippen molar-refractivity contribution in [3.8, 4) is 10.8 Å². The minimum Gasteiger partial charge on any atom is -0.418 e. The standard InChI is InChI=1S/C14H19N3OS/c1-10-5-3-7-17(9-10)11(2)13-15-16-14(18-13)12-6-4-8-19-12/h4,6,8,10-11H,3,5,7,9H2,1-2H3/t10-,11-/m1/s1. The van der Waals surface area contributed by atoms with Crippen LogP contribution in [-0.2, 0) is 0 Å². The predicted octanol–water partition coefficient (Wildman–Crippen LogP) is 3.59. The summed E-state index contributed by atoms with van der Waals surface area (Å²) in [6, 6.07) is 4.22. The highest BCUT2D eigenvalue weighted by atomic mass is 32.1. The van der Waals surface area contributed by atoms with Crippen molar-refractivity contribution in [1.82, 2.24) is 15.1 Å². The summed E-state index contributed by atoms with van der Waals surface area (Å²) >= 11 is 1.63. The van der Waals surface area contributed by atoms with Crippen LogP contribution in [0.25, 0.3) is 10.8 Å². The van der Waals surface area contributed by atoms with Crippen LogP contribution in [0.1, 0.15) is 38.6 Å². The van der Waals surface area contributed by atoms with Gasteiger partial charge in [0.1, 0.15) is 0 Å². The second kappa shape index (κ2) is 5.43. The summed E-state index contributed by atoms with van der Waals surface area (Å²) in [7, 11) is 0. The van der Waals surface area contributed by atoms with Gasteiger partial charge in [-0.1, -0.05) is 13.0 Å². The average Bonchev–Trinajstić information content (AvgIpc) is 3.08. The van der Waals surface area contributed by atoms with Crippen LogP contribution in [0, 0.1) is 5.92 Å². The maximum Gasteiger partial charge on any atom is 0.257 e. The van der Waals surface area contributed by atoms with Gasteiger partial charge in [0, 0.05) is 6.54 Å². The average molecular weight is 277 g/mol. The van der Waals surface area contributed by atoms with E-state index in [1.807, 2.05) is 17.5 Å². The first kappa shape index (κ1) is 12.8. The number of aromatic nitrogens is 2. The quantitative estimate of drug-likeness (QED) is 0.859. The van der Waals surface area contributed by atoms with Gasteiger partial charge in [-0.05, 0) is 43.7 Å². The molecular formula is C14H19N3OS. The molecule has 5 heteroatoms. The minimum absolute atomic E-state index is 0.212. The van der Waals surface area contributed by atoms with Gasteiger partial charge in [0.15, 0.2) is 0 Å². The third-order valence-electron chi connectivity index (χ3n) is 3.77. The predicted molar refractivity (Wildman–Crippen MR) is 76.0 cm³/mol. The Hall–Kier alpha value is -1.20. The Morgan fingerprint density at radius 2 is 2.37 bits per heavy atom.